The molecule has 7 heteroatoms. The van der Waals surface area contributed by atoms with Gasteiger partial charge in [-0.15, -0.1) is 0 Å². The highest BCUT2D eigenvalue weighted by atomic mass is 32.2. The van der Waals surface area contributed by atoms with Gasteiger partial charge in [0.15, 0.2) is 0 Å². The van der Waals surface area contributed by atoms with Crippen molar-refractivity contribution in [2.45, 2.75) is 25.0 Å². The summed E-state index contributed by atoms with van der Waals surface area (Å²) in [5.41, 5.74) is 5.43. The smallest absolute Gasteiger partial charge is 0.221 e. The topological polar surface area (TPSA) is 72.2 Å². The van der Waals surface area contributed by atoms with Crippen LogP contribution in [0.25, 0.3) is 0 Å². The predicted octanol–water partition coefficient (Wildman–Crippen LogP) is 0.724. The first-order chi connectivity index (χ1) is 7.47. The quantitative estimate of drug-likeness (QED) is 0.703. The van der Waals surface area contributed by atoms with Gasteiger partial charge in [0.1, 0.15) is 5.25 Å². The van der Waals surface area contributed by atoms with Gasteiger partial charge in [-0.05, 0) is 30.3 Å². The van der Waals surface area contributed by atoms with Crippen LogP contribution in [0.1, 0.15) is 19.8 Å². The third-order valence-corrected chi connectivity index (χ3v) is 6.23. The summed E-state index contributed by atoms with van der Waals surface area (Å²) in [6.45, 7) is 2.28. The van der Waals surface area contributed by atoms with E-state index in [1.807, 2.05) is 11.8 Å². The molecule has 1 rings (SSSR count). The van der Waals surface area contributed by atoms with Gasteiger partial charge in [-0.1, -0.05) is 19.1 Å². The molecule has 1 fully saturated rings. The van der Waals surface area contributed by atoms with Gasteiger partial charge in [-0.2, -0.15) is 11.8 Å². The molecule has 0 aromatic carbocycles. The van der Waals surface area contributed by atoms with Gasteiger partial charge >= 0.3 is 0 Å². The van der Waals surface area contributed by atoms with Crippen molar-refractivity contribution >= 4 is 39.0 Å². The molecular formula is C9H18N2O2S3. The maximum absolute atomic E-state index is 11.9. The van der Waals surface area contributed by atoms with Gasteiger partial charge in [0.25, 0.3) is 0 Å². The van der Waals surface area contributed by atoms with Gasteiger partial charge in [-0.25, -0.2) is 13.1 Å². The van der Waals surface area contributed by atoms with Crippen molar-refractivity contribution < 1.29 is 8.42 Å². The number of hydrogen-bond donors (Lipinski definition) is 2. The van der Waals surface area contributed by atoms with Crippen molar-refractivity contribution in [2.24, 2.45) is 11.7 Å². The summed E-state index contributed by atoms with van der Waals surface area (Å²) in [5, 5.41) is -0.739. The normalized spacial score (nSPS) is 23.2. The molecule has 0 bridgehead atoms. The van der Waals surface area contributed by atoms with Crippen LogP contribution in [0.5, 0.6) is 0 Å². The standard InChI is InChI=1S/C9H18N2O2S3/c1-2-8(9(10)14)16(12,13)11-5-7-3-4-15-6-7/h7-8,11H,2-6H2,1H3,(H2,10,14). The van der Waals surface area contributed by atoms with Crippen molar-refractivity contribution in [3.63, 3.8) is 0 Å². The zero-order valence-corrected chi connectivity index (χ0v) is 11.8. The molecule has 0 spiro atoms. The van der Waals surface area contributed by atoms with Gasteiger partial charge in [-0.3, -0.25) is 0 Å². The number of thioether (sulfide) groups is 1. The average molecular weight is 282 g/mol. The monoisotopic (exact) mass is 282 g/mol. The third-order valence-electron chi connectivity index (χ3n) is 2.66. The molecule has 94 valence electrons. The van der Waals surface area contributed by atoms with Crippen LogP contribution in [0.2, 0.25) is 0 Å². The van der Waals surface area contributed by atoms with E-state index in [4.69, 9.17) is 18.0 Å². The first-order valence-electron chi connectivity index (χ1n) is 5.33. The summed E-state index contributed by atoms with van der Waals surface area (Å²) in [6, 6.07) is 0. The van der Waals surface area contributed by atoms with Crippen LogP contribution >= 0.6 is 24.0 Å². The highest BCUT2D eigenvalue weighted by molar-refractivity contribution is 7.99. The predicted molar refractivity (Wildman–Crippen MR) is 73.2 cm³/mol. The molecule has 2 atom stereocenters. The molecule has 0 radical (unpaired) electrons. The second-order valence-corrected chi connectivity index (χ2v) is 7.49. The summed E-state index contributed by atoms with van der Waals surface area (Å²) in [5.74, 6) is 2.61. The Bertz CT molecular complexity index is 337. The lowest BCUT2D eigenvalue weighted by Gasteiger charge is -2.17. The first kappa shape index (κ1) is 14.2. The molecule has 0 aromatic rings. The summed E-state index contributed by atoms with van der Waals surface area (Å²) < 4.78 is 26.4. The van der Waals surface area contributed by atoms with E-state index in [1.165, 1.54) is 0 Å². The highest BCUT2D eigenvalue weighted by Gasteiger charge is 2.27. The highest BCUT2D eigenvalue weighted by Crippen LogP contribution is 2.22. The number of sulfonamides is 1. The lowest BCUT2D eigenvalue weighted by molar-refractivity contribution is 0.541. The molecule has 1 aliphatic rings. The van der Waals surface area contributed by atoms with Crippen LogP contribution in [-0.2, 0) is 10.0 Å². The Morgan fingerprint density at radius 2 is 2.38 bits per heavy atom. The Hall–Kier alpha value is 0.150. The second-order valence-electron chi connectivity index (χ2n) is 3.92. The third kappa shape index (κ3) is 3.87. The molecule has 3 N–H and O–H groups in total. The van der Waals surface area contributed by atoms with Crippen molar-refractivity contribution in [1.82, 2.24) is 4.72 Å². The maximum atomic E-state index is 11.9. The van der Waals surface area contributed by atoms with Crippen LogP contribution in [0, 0.1) is 5.92 Å². The number of hydrogen-bond acceptors (Lipinski definition) is 4. The number of nitrogens with two attached hydrogens (primary N) is 1. The SMILES string of the molecule is CCC(C(N)=S)S(=O)(=O)NCC1CCSC1. The van der Waals surface area contributed by atoms with Crippen molar-refractivity contribution in [2.75, 3.05) is 18.1 Å². The Morgan fingerprint density at radius 1 is 1.69 bits per heavy atom. The fourth-order valence-corrected chi connectivity index (χ4v) is 4.90. The van der Waals surface area contributed by atoms with Crippen molar-refractivity contribution in [3.05, 3.63) is 0 Å². The van der Waals surface area contributed by atoms with E-state index in [-0.39, 0.29) is 4.99 Å². The largest absolute Gasteiger partial charge is 0.392 e. The summed E-state index contributed by atoms with van der Waals surface area (Å²) in [6.07, 6.45) is 1.50. The minimum Gasteiger partial charge on any atom is -0.392 e. The molecule has 4 nitrogen and oxygen atoms in total. The fraction of sp³-hybridized carbons (Fsp3) is 0.889. The van der Waals surface area contributed by atoms with E-state index in [2.05, 4.69) is 4.72 Å². The van der Waals surface area contributed by atoms with Crippen LogP contribution < -0.4 is 10.5 Å². The second kappa shape index (κ2) is 6.18. The van der Waals surface area contributed by atoms with Gasteiger partial charge < -0.3 is 5.73 Å². The first-order valence-corrected chi connectivity index (χ1v) is 8.43. The van der Waals surface area contributed by atoms with Gasteiger partial charge in [0, 0.05) is 6.54 Å². The zero-order valence-electron chi connectivity index (χ0n) is 9.31. The summed E-state index contributed by atoms with van der Waals surface area (Å²) in [7, 11) is -3.38. The Morgan fingerprint density at radius 3 is 2.81 bits per heavy atom. The number of nitrogens with one attached hydrogen (secondary N) is 1. The molecule has 1 aliphatic heterocycles. The molecule has 0 amide bonds. The van der Waals surface area contributed by atoms with E-state index in [9.17, 15) is 8.42 Å². The fourth-order valence-electron chi connectivity index (χ4n) is 1.65. The van der Waals surface area contributed by atoms with E-state index >= 15 is 0 Å². The molecule has 1 heterocycles. The van der Waals surface area contributed by atoms with Crippen molar-refractivity contribution in [1.29, 1.82) is 0 Å². The molecule has 16 heavy (non-hydrogen) atoms. The van der Waals surface area contributed by atoms with Crippen LogP contribution in [-0.4, -0.2) is 36.7 Å². The van der Waals surface area contributed by atoms with E-state index in [0.717, 1.165) is 17.9 Å². The van der Waals surface area contributed by atoms with Crippen LogP contribution in [0.3, 0.4) is 0 Å². The minimum absolute atomic E-state index is 0.0517. The molecule has 1 saturated heterocycles. The Kier molecular flexibility index (Phi) is 5.49. The van der Waals surface area contributed by atoms with E-state index in [0.29, 0.717) is 18.9 Å². The zero-order chi connectivity index (χ0) is 12.2. The van der Waals surface area contributed by atoms with Crippen LogP contribution in [0.4, 0.5) is 0 Å². The van der Waals surface area contributed by atoms with Crippen LogP contribution in [0.15, 0.2) is 0 Å². The molecular weight excluding hydrogens is 264 g/mol. The van der Waals surface area contributed by atoms with Gasteiger partial charge in [0.05, 0.1) is 4.99 Å². The molecule has 0 saturated carbocycles. The molecule has 2 unspecified atom stereocenters. The lowest BCUT2D eigenvalue weighted by Crippen LogP contribution is -2.43. The minimum atomic E-state index is -3.38. The summed E-state index contributed by atoms with van der Waals surface area (Å²) >= 11 is 6.64. The van der Waals surface area contributed by atoms with Crippen molar-refractivity contribution in [3.8, 4) is 0 Å². The molecule has 0 aliphatic carbocycles. The van der Waals surface area contributed by atoms with E-state index < -0.39 is 15.3 Å². The summed E-state index contributed by atoms with van der Waals surface area (Å²) in [4.78, 5) is 0.0517. The lowest BCUT2D eigenvalue weighted by atomic mass is 10.1. The number of thiocarbonyl (C=S) groups is 1. The van der Waals surface area contributed by atoms with E-state index in [1.54, 1.807) is 6.92 Å². The van der Waals surface area contributed by atoms with Gasteiger partial charge in [0.2, 0.25) is 10.0 Å². The maximum Gasteiger partial charge on any atom is 0.221 e. The molecule has 0 aromatic heterocycles. The average Bonchev–Trinajstić information content (AvgIpc) is 2.67. The Labute approximate surface area is 107 Å². The Balaban J connectivity index is 2.52. The number of rotatable bonds is 6.